The lowest BCUT2D eigenvalue weighted by Crippen LogP contribution is -2.23. The Bertz CT molecular complexity index is 334. The van der Waals surface area contributed by atoms with E-state index in [4.69, 9.17) is 11.6 Å². The molecule has 0 heterocycles. The third kappa shape index (κ3) is 2.14. The molecule has 1 aromatic carbocycles. The lowest BCUT2D eigenvalue weighted by Gasteiger charge is -2.25. The highest BCUT2D eigenvalue weighted by atomic mass is 35.5. The summed E-state index contributed by atoms with van der Waals surface area (Å²) in [4.78, 5) is 10.7. The zero-order valence-electron chi connectivity index (χ0n) is 8.20. The Hall–Kier alpha value is -0.860. The first-order valence-electron chi connectivity index (χ1n) is 4.38. The van der Waals surface area contributed by atoms with Gasteiger partial charge in [-0.15, -0.1) is 0 Å². The minimum atomic E-state index is -0.867. The second kappa shape index (κ2) is 4.11. The second-order valence-electron chi connectivity index (χ2n) is 3.86. The Balaban J connectivity index is 3.06. The fourth-order valence-electron chi connectivity index (χ4n) is 1.16. The second-order valence-corrected chi connectivity index (χ2v) is 4.27. The molecule has 2 nitrogen and oxygen atoms in total. The molecule has 1 rings (SSSR count). The summed E-state index contributed by atoms with van der Waals surface area (Å²) >= 11 is 5.91. The fourth-order valence-corrected chi connectivity index (χ4v) is 1.40. The molecule has 1 aromatic rings. The van der Waals surface area contributed by atoms with Crippen molar-refractivity contribution in [2.24, 2.45) is 5.41 Å². The van der Waals surface area contributed by atoms with E-state index in [2.05, 4.69) is 0 Å². The number of carbonyl (C=O) groups excluding carboxylic acids is 1. The number of aliphatic hydroxyl groups excluding tert-OH is 1. The van der Waals surface area contributed by atoms with Crippen molar-refractivity contribution < 1.29 is 9.90 Å². The van der Waals surface area contributed by atoms with Gasteiger partial charge in [0.15, 0.2) is 0 Å². The normalized spacial score (nSPS) is 13.7. The van der Waals surface area contributed by atoms with Crippen LogP contribution in [-0.2, 0) is 4.79 Å². The van der Waals surface area contributed by atoms with Crippen LogP contribution in [0.2, 0.25) is 5.02 Å². The average molecular weight is 213 g/mol. The summed E-state index contributed by atoms with van der Waals surface area (Å²) in [6, 6.07) is 6.98. The number of halogens is 1. The van der Waals surface area contributed by atoms with Crippen molar-refractivity contribution in [3.8, 4) is 0 Å². The van der Waals surface area contributed by atoms with E-state index in [1.165, 1.54) is 0 Å². The van der Waals surface area contributed by atoms with Crippen LogP contribution in [0.5, 0.6) is 0 Å². The van der Waals surface area contributed by atoms with Crippen LogP contribution in [0.1, 0.15) is 25.5 Å². The average Bonchev–Trinajstić information content (AvgIpc) is 2.17. The van der Waals surface area contributed by atoms with Crippen molar-refractivity contribution in [3.63, 3.8) is 0 Å². The summed E-state index contributed by atoms with van der Waals surface area (Å²) in [5, 5.41) is 10.4. The van der Waals surface area contributed by atoms with Crippen molar-refractivity contribution in [1.82, 2.24) is 0 Å². The van der Waals surface area contributed by atoms with Crippen LogP contribution in [0.25, 0.3) is 0 Å². The highest BCUT2D eigenvalue weighted by Crippen LogP contribution is 2.34. The van der Waals surface area contributed by atoms with E-state index in [0.717, 1.165) is 6.29 Å². The summed E-state index contributed by atoms with van der Waals surface area (Å²) in [6.07, 6.45) is -0.130. The maximum absolute atomic E-state index is 10.7. The molecule has 0 saturated heterocycles. The number of hydrogen-bond donors (Lipinski definition) is 1. The van der Waals surface area contributed by atoms with Gasteiger partial charge in [-0.05, 0) is 6.07 Å². The maximum Gasteiger partial charge on any atom is 0.128 e. The summed E-state index contributed by atoms with van der Waals surface area (Å²) in [5.41, 5.74) is -0.225. The van der Waals surface area contributed by atoms with Gasteiger partial charge in [0.1, 0.15) is 6.29 Å². The van der Waals surface area contributed by atoms with Crippen molar-refractivity contribution in [1.29, 1.82) is 0 Å². The zero-order valence-corrected chi connectivity index (χ0v) is 8.95. The van der Waals surface area contributed by atoms with Crippen molar-refractivity contribution in [3.05, 3.63) is 34.9 Å². The summed E-state index contributed by atoms with van der Waals surface area (Å²) in [5.74, 6) is 0. The minimum absolute atomic E-state index is 0.481. The molecule has 0 aliphatic rings. The molecule has 0 aliphatic heterocycles. The molecule has 0 unspecified atom stereocenters. The van der Waals surface area contributed by atoms with Gasteiger partial charge in [-0.2, -0.15) is 0 Å². The van der Waals surface area contributed by atoms with E-state index < -0.39 is 11.5 Å². The highest BCUT2D eigenvalue weighted by Gasteiger charge is 2.29. The molecule has 0 aromatic heterocycles. The number of carbonyl (C=O) groups is 1. The van der Waals surface area contributed by atoms with Gasteiger partial charge in [-0.25, -0.2) is 0 Å². The SMILES string of the molecule is CC(C)(C=O)[C@@H](O)c1ccccc1Cl. The number of benzene rings is 1. The summed E-state index contributed by atoms with van der Waals surface area (Å²) in [6.45, 7) is 3.35. The van der Waals surface area contributed by atoms with Gasteiger partial charge in [-0.1, -0.05) is 43.6 Å². The lowest BCUT2D eigenvalue weighted by molar-refractivity contribution is -0.120. The van der Waals surface area contributed by atoms with Crippen LogP contribution in [0, 0.1) is 5.41 Å². The Morgan fingerprint density at radius 1 is 1.43 bits per heavy atom. The number of aliphatic hydroxyl groups is 1. The Kier molecular flexibility index (Phi) is 3.29. The highest BCUT2D eigenvalue weighted by molar-refractivity contribution is 6.31. The van der Waals surface area contributed by atoms with Crippen LogP contribution in [-0.4, -0.2) is 11.4 Å². The van der Waals surface area contributed by atoms with Gasteiger partial charge in [0, 0.05) is 10.6 Å². The Labute approximate surface area is 88.5 Å². The van der Waals surface area contributed by atoms with Crippen LogP contribution >= 0.6 is 11.6 Å². The molecule has 0 amide bonds. The fraction of sp³-hybridized carbons (Fsp3) is 0.364. The molecular weight excluding hydrogens is 200 g/mol. The van der Waals surface area contributed by atoms with Crippen LogP contribution in [0.4, 0.5) is 0 Å². The van der Waals surface area contributed by atoms with Crippen molar-refractivity contribution in [2.75, 3.05) is 0 Å². The topological polar surface area (TPSA) is 37.3 Å². The largest absolute Gasteiger partial charge is 0.387 e. The van der Waals surface area contributed by atoms with Crippen LogP contribution in [0.15, 0.2) is 24.3 Å². The Morgan fingerprint density at radius 3 is 2.50 bits per heavy atom. The molecule has 1 atom stereocenters. The third-order valence-electron chi connectivity index (χ3n) is 2.21. The molecule has 0 spiro atoms. The van der Waals surface area contributed by atoms with E-state index in [9.17, 15) is 9.90 Å². The smallest absolute Gasteiger partial charge is 0.128 e. The van der Waals surface area contributed by atoms with E-state index in [-0.39, 0.29) is 0 Å². The molecule has 14 heavy (non-hydrogen) atoms. The molecule has 0 aliphatic carbocycles. The molecule has 0 fully saturated rings. The van der Waals surface area contributed by atoms with Crippen molar-refractivity contribution in [2.45, 2.75) is 20.0 Å². The lowest BCUT2D eigenvalue weighted by atomic mass is 9.84. The first kappa shape index (κ1) is 11.2. The van der Waals surface area contributed by atoms with E-state index >= 15 is 0 Å². The molecule has 0 bridgehead atoms. The van der Waals surface area contributed by atoms with E-state index in [1.807, 2.05) is 0 Å². The van der Waals surface area contributed by atoms with Gasteiger partial charge in [0.25, 0.3) is 0 Å². The van der Waals surface area contributed by atoms with Gasteiger partial charge in [0.2, 0.25) is 0 Å². The molecule has 0 saturated carbocycles. The Morgan fingerprint density at radius 2 is 2.00 bits per heavy atom. The zero-order chi connectivity index (χ0) is 10.8. The maximum atomic E-state index is 10.7. The first-order valence-corrected chi connectivity index (χ1v) is 4.75. The third-order valence-corrected chi connectivity index (χ3v) is 2.55. The van der Waals surface area contributed by atoms with Gasteiger partial charge in [-0.3, -0.25) is 0 Å². The first-order chi connectivity index (χ1) is 6.49. The monoisotopic (exact) mass is 212 g/mol. The minimum Gasteiger partial charge on any atom is -0.387 e. The van der Waals surface area contributed by atoms with Gasteiger partial charge >= 0.3 is 0 Å². The van der Waals surface area contributed by atoms with Gasteiger partial charge in [0.05, 0.1) is 11.5 Å². The molecule has 3 heteroatoms. The van der Waals surface area contributed by atoms with E-state index in [0.29, 0.717) is 10.6 Å². The quantitative estimate of drug-likeness (QED) is 0.783. The number of aldehydes is 1. The molecule has 1 N–H and O–H groups in total. The van der Waals surface area contributed by atoms with Crippen LogP contribution in [0.3, 0.4) is 0 Å². The van der Waals surface area contributed by atoms with Crippen molar-refractivity contribution >= 4 is 17.9 Å². The summed E-state index contributed by atoms with van der Waals surface area (Å²) in [7, 11) is 0. The predicted octanol–water partition coefficient (Wildman–Crippen LogP) is 2.60. The number of rotatable bonds is 3. The van der Waals surface area contributed by atoms with E-state index in [1.54, 1.807) is 38.1 Å². The molecule has 0 radical (unpaired) electrons. The standard InChI is InChI=1S/C11H13ClO2/c1-11(2,7-13)10(14)8-5-3-4-6-9(8)12/h3-7,10,14H,1-2H3/t10-/m0/s1. The number of hydrogen-bond acceptors (Lipinski definition) is 2. The van der Waals surface area contributed by atoms with Crippen LogP contribution < -0.4 is 0 Å². The molecule has 76 valence electrons. The molecular formula is C11H13ClO2. The predicted molar refractivity (Wildman–Crippen MR) is 56.3 cm³/mol. The summed E-state index contributed by atoms with van der Waals surface area (Å²) < 4.78 is 0. The van der Waals surface area contributed by atoms with Gasteiger partial charge < -0.3 is 9.90 Å².